The van der Waals surface area contributed by atoms with E-state index in [2.05, 4.69) is 6.92 Å². The standard InChI is InChI=1S/C8H23FSi3/c1-2-3-4-5-6-7-8(9)11-12-10/h8H,2-7,11-12H2,1,10H3. The summed E-state index contributed by atoms with van der Waals surface area (Å²) in [4.78, 5) is 0. The highest BCUT2D eigenvalue weighted by Gasteiger charge is 2.04. The molecule has 0 bridgehead atoms. The fourth-order valence-corrected chi connectivity index (χ4v) is 11.0. The highest BCUT2D eigenvalue weighted by atomic mass is 29.5. The first-order valence-corrected chi connectivity index (χ1v) is 15.9. The van der Waals surface area contributed by atoms with Gasteiger partial charge in [0, 0.05) is 9.04 Å². The average molecular weight is 223 g/mol. The van der Waals surface area contributed by atoms with E-state index in [0.717, 1.165) is 12.8 Å². The molecule has 0 saturated heterocycles. The van der Waals surface area contributed by atoms with Crippen LogP contribution in [0.15, 0.2) is 0 Å². The van der Waals surface area contributed by atoms with Crippen LogP contribution in [-0.2, 0) is 0 Å². The molecule has 0 rings (SSSR count). The van der Waals surface area contributed by atoms with Gasteiger partial charge in [-0.3, -0.25) is 4.39 Å². The minimum Gasteiger partial charge on any atom is -0.253 e. The Hall–Kier alpha value is 0.581. The first kappa shape index (κ1) is 12.6. The first-order valence-electron chi connectivity index (χ1n) is 5.45. The van der Waals surface area contributed by atoms with Crippen molar-refractivity contribution in [1.82, 2.24) is 0 Å². The van der Waals surface area contributed by atoms with Crippen LogP contribution in [0.1, 0.15) is 45.4 Å². The number of hydrogen-bond donors (Lipinski definition) is 0. The summed E-state index contributed by atoms with van der Waals surface area (Å²) in [6, 6.07) is 0. The summed E-state index contributed by atoms with van der Waals surface area (Å²) in [7, 11) is 1.42. The summed E-state index contributed by atoms with van der Waals surface area (Å²) < 4.78 is 13.0. The van der Waals surface area contributed by atoms with Gasteiger partial charge in [0.05, 0.1) is 5.79 Å². The quantitative estimate of drug-likeness (QED) is 0.406. The molecule has 1 atom stereocenters. The van der Waals surface area contributed by atoms with Crippen molar-refractivity contribution in [2.24, 2.45) is 0 Å². The van der Waals surface area contributed by atoms with Crippen molar-refractivity contribution in [1.29, 1.82) is 0 Å². The summed E-state index contributed by atoms with van der Waals surface area (Å²) >= 11 is 0. The molecule has 0 heterocycles. The fraction of sp³-hybridized carbons (Fsp3) is 1.00. The van der Waals surface area contributed by atoms with Gasteiger partial charge in [-0.05, 0) is 24.7 Å². The Bertz CT molecular complexity index is 90.4. The van der Waals surface area contributed by atoms with Crippen molar-refractivity contribution in [2.75, 3.05) is 0 Å². The van der Waals surface area contributed by atoms with Crippen LogP contribution < -0.4 is 0 Å². The third kappa shape index (κ3) is 8.68. The van der Waals surface area contributed by atoms with Gasteiger partial charge in [0.2, 0.25) is 0 Å². The van der Waals surface area contributed by atoms with Gasteiger partial charge >= 0.3 is 0 Å². The predicted octanol–water partition coefficient (Wildman–Crippen LogP) is 0.176. The van der Waals surface area contributed by atoms with Crippen molar-refractivity contribution < 1.29 is 4.39 Å². The lowest BCUT2D eigenvalue weighted by Crippen LogP contribution is -2.17. The van der Waals surface area contributed by atoms with E-state index in [1.807, 2.05) is 0 Å². The Morgan fingerprint density at radius 2 is 1.92 bits per heavy atom. The first-order chi connectivity index (χ1) is 5.81. The van der Waals surface area contributed by atoms with E-state index in [1.54, 1.807) is 0 Å². The summed E-state index contributed by atoms with van der Waals surface area (Å²) in [5, 5.41) is 0. The molecule has 0 amide bonds. The van der Waals surface area contributed by atoms with Gasteiger partial charge in [-0.25, -0.2) is 0 Å². The van der Waals surface area contributed by atoms with E-state index in [9.17, 15) is 4.39 Å². The Labute approximate surface area is 83.4 Å². The zero-order chi connectivity index (χ0) is 9.23. The monoisotopic (exact) mass is 222 g/mol. The molecule has 4 heteroatoms. The zero-order valence-corrected chi connectivity index (χ0v) is 13.4. The van der Waals surface area contributed by atoms with Gasteiger partial charge < -0.3 is 0 Å². The van der Waals surface area contributed by atoms with Crippen LogP contribution in [0.3, 0.4) is 0 Å². The van der Waals surface area contributed by atoms with Crippen LogP contribution in [0.2, 0.25) is 0 Å². The minimum absolute atomic E-state index is 0.159. The van der Waals surface area contributed by atoms with Crippen molar-refractivity contribution in [3.05, 3.63) is 0 Å². The molecule has 0 aliphatic rings. The lowest BCUT2D eigenvalue weighted by Gasteiger charge is -2.04. The lowest BCUT2D eigenvalue weighted by atomic mass is 10.1. The summed E-state index contributed by atoms with van der Waals surface area (Å²) in [5.41, 5.74) is 0. The predicted molar refractivity (Wildman–Crippen MR) is 65.3 cm³/mol. The zero-order valence-electron chi connectivity index (χ0n) is 8.61. The number of hydrogen-bond acceptors (Lipinski definition) is 0. The molecular formula is C8H23FSi3. The molecule has 0 fully saturated rings. The van der Waals surface area contributed by atoms with Crippen LogP contribution in [-0.4, -0.2) is 33.1 Å². The van der Waals surface area contributed by atoms with E-state index >= 15 is 0 Å². The van der Waals surface area contributed by atoms with Gasteiger partial charge in [-0.2, -0.15) is 0 Å². The third-order valence-corrected chi connectivity index (χ3v) is 12.6. The van der Waals surface area contributed by atoms with Crippen LogP contribution >= 0.6 is 0 Å². The number of unbranched alkanes of at least 4 members (excludes halogenated alkanes) is 4. The normalized spacial score (nSPS) is 15.5. The van der Waals surface area contributed by atoms with E-state index in [4.69, 9.17) is 0 Å². The Morgan fingerprint density at radius 1 is 1.25 bits per heavy atom. The molecule has 0 nitrogen and oxygen atoms in total. The molecule has 0 aromatic carbocycles. The maximum atomic E-state index is 13.0. The van der Waals surface area contributed by atoms with E-state index in [1.165, 1.54) is 35.4 Å². The van der Waals surface area contributed by atoms with Gasteiger partial charge in [0.15, 0.2) is 0 Å². The van der Waals surface area contributed by atoms with Crippen LogP contribution in [0.4, 0.5) is 4.39 Å². The molecule has 0 aromatic rings. The highest BCUT2D eigenvalue weighted by molar-refractivity contribution is 7.24. The molecule has 0 radical (unpaired) electrons. The smallest absolute Gasteiger partial charge is 0.0801 e. The summed E-state index contributed by atoms with van der Waals surface area (Å²) in [6.45, 7) is 2.22. The molecular weight excluding hydrogens is 199 g/mol. The van der Waals surface area contributed by atoms with Gasteiger partial charge in [0.1, 0.15) is 0 Å². The van der Waals surface area contributed by atoms with E-state index < -0.39 is 0 Å². The Balaban J connectivity index is 2.97. The maximum absolute atomic E-state index is 13.0. The molecule has 74 valence electrons. The molecule has 0 spiro atoms. The maximum Gasteiger partial charge on any atom is 0.0801 e. The largest absolute Gasteiger partial charge is 0.253 e. The molecule has 0 saturated carbocycles. The average Bonchev–Trinajstić information content (AvgIpc) is 2.05. The number of halogens is 1. The lowest BCUT2D eigenvalue weighted by molar-refractivity contribution is 0.401. The van der Waals surface area contributed by atoms with Crippen molar-refractivity contribution in [3.8, 4) is 0 Å². The summed E-state index contributed by atoms with van der Waals surface area (Å²) in [5.74, 6) is -0.296. The molecule has 12 heavy (non-hydrogen) atoms. The van der Waals surface area contributed by atoms with Gasteiger partial charge in [0.25, 0.3) is 0 Å². The van der Waals surface area contributed by atoms with Crippen molar-refractivity contribution in [3.63, 3.8) is 0 Å². The number of rotatable bonds is 8. The second-order valence-corrected chi connectivity index (χ2v) is 19.8. The molecule has 1 unspecified atom stereocenters. The molecule has 0 aromatic heterocycles. The SMILES string of the molecule is CCCCCCCC(F)[SiH2][SiH2][SiH3]. The van der Waals surface area contributed by atoms with Gasteiger partial charge in [-0.15, -0.1) is 0 Å². The topological polar surface area (TPSA) is 0 Å². The molecule has 0 N–H and O–H groups in total. The second kappa shape index (κ2) is 9.67. The van der Waals surface area contributed by atoms with Crippen LogP contribution in [0, 0.1) is 0 Å². The highest BCUT2D eigenvalue weighted by Crippen LogP contribution is 2.08. The van der Waals surface area contributed by atoms with E-state index in [-0.39, 0.29) is 23.4 Å². The Kier molecular flexibility index (Phi) is 10.1. The molecule has 0 aliphatic carbocycles. The van der Waals surface area contributed by atoms with Gasteiger partial charge in [-0.1, -0.05) is 39.0 Å². The van der Waals surface area contributed by atoms with E-state index in [0.29, 0.717) is 0 Å². The second-order valence-electron chi connectivity index (χ2n) is 3.59. The fourth-order valence-electron chi connectivity index (χ4n) is 1.43. The van der Waals surface area contributed by atoms with Crippen LogP contribution in [0.5, 0.6) is 0 Å². The minimum atomic E-state index is -0.296. The van der Waals surface area contributed by atoms with Crippen LogP contribution in [0.25, 0.3) is 0 Å². The van der Waals surface area contributed by atoms with Crippen molar-refractivity contribution in [2.45, 2.75) is 51.2 Å². The third-order valence-electron chi connectivity index (χ3n) is 2.22. The molecule has 0 aliphatic heterocycles. The Morgan fingerprint density at radius 3 is 2.50 bits per heavy atom. The summed E-state index contributed by atoms with van der Waals surface area (Å²) in [6.07, 6.45) is 7.29. The van der Waals surface area contributed by atoms with Crippen molar-refractivity contribution >= 4 is 27.4 Å². The number of alkyl halides is 1.